The Morgan fingerprint density at radius 3 is 2.57 bits per heavy atom. The fourth-order valence-electron chi connectivity index (χ4n) is 3.34. The molecule has 0 aliphatic carbocycles. The molecule has 1 aliphatic rings. The van der Waals surface area contributed by atoms with Crippen molar-refractivity contribution < 1.29 is 18.2 Å². The van der Waals surface area contributed by atoms with E-state index in [1.807, 2.05) is 31.2 Å². The van der Waals surface area contributed by atoms with E-state index in [0.717, 1.165) is 11.1 Å². The van der Waals surface area contributed by atoms with Crippen LogP contribution in [0.5, 0.6) is 0 Å². The van der Waals surface area contributed by atoms with E-state index in [9.17, 15) is 13.8 Å². The average Bonchev–Trinajstić information content (AvgIpc) is 3.02. The molecule has 0 saturated carbocycles. The molecule has 1 aliphatic heterocycles. The number of primary amides is 1. The lowest BCUT2D eigenvalue weighted by Crippen LogP contribution is -2.43. The van der Waals surface area contributed by atoms with Crippen molar-refractivity contribution in [3.63, 3.8) is 0 Å². The first-order chi connectivity index (χ1) is 13.3. The number of aromatic nitrogens is 1. The lowest BCUT2D eigenvalue weighted by Gasteiger charge is -2.30. The summed E-state index contributed by atoms with van der Waals surface area (Å²) in [4.78, 5) is 29.8. The van der Waals surface area contributed by atoms with Gasteiger partial charge in [-0.25, -0.2) is 4.98 Å². The van der Waals surface area contributed by atoms with Crippen molar-refractivity contribution in [1.82, 2.24) is 9.88 Å². The SMILES string of the molecule is Cc1ccccc1-c1nc(C[S@@](=O)CC(=O)N2CCC(C(N)=O)CC2)c(C)o1. The molecule has 150 valence electrons. The van der Waals surface area contributed by atoms with Crippen LogP contribution in [-0.4, -0.2) is 44.7 Å². The lowest BCUT2D eigenvalue weighted by atomic mass is 9.96. The highest BCUT2D eigenvalue weighted by Gasteiger charge is 2.27. The number of nitrogens with two attached hydrogens (primary N) is 1. The summed E-state index contributed by atoms with van der Waals surface area (Å²) >= 11 is 0. The Bertz CT molecular complexity index is 901. The predicted octanol–water partition coefficient (Wildman–Crippen LogP) is 1.93. The van der Waals surface area contributed by atoms with E-state index in [1.54, 1.807) is 11.8 Å². The molecule has 1 saturated heterocycles. The first kappa shape index (κ1) is 20.3. The van der Waals surface area contributed by atoms with E-state index in [0.29, 0.717) is 43.3 Å². The molecule has 1 aromatic heterocycles. The smallest absolute Gasteiger partial charge is 0.235 e. The van der Waals surface area contributed by atoms with E-state index >= 15 is 0 Å². The largest absolute Gasteiger partial charge is 0.441 e. The van der Waals surface area contributed by atoms with Crippen molar-refractivity contribution in [3.8, 4) is 11.5 Å². The molecule has 2 amide bonds. The molecule has 1 atom stereocenters. The minimum atomic E-state index is -1.38. The summed E-state index contributed by atoms with van der Waals surface area (Å²) in [6, 6.07) is 7.77. The maximum absolute atomic E-state index is 12.5. The number of aryl methyl sites for hydroxylation is 2. The molecule has 0 bridgehead atoms. The van der Waals surface area contributed by atoms with Crippen LogP contribution in [0, 0.1) is 19.8 Å². The van der Waals surface area contributed by atoms with Gasteiger partial charge in [-0.3, -0.25) is 13.8 Å². The van der Waals surface area contributed by atoms with Crippen LogP contribution in [0.1, 0.15) is 29.9 Å². The second-order valence-corrected chi connectivity index (χ2v) is 8.58. The van der Waals surface area contributed by atoms with Gasteiger partial charge in [0.05, 0.1) is 11.4 Å². The molecular formula is C20H25N3O4S. The molecule has 1 aromatic carbocycles. The van der Waals surface area contributed by atoms with Crippen molar-refractivity contribution in [2.45, 2.75) is 32.4 Å². The Morgan fingerprint density at radius 2 is 1.93 bits per heavy atom. The topological polar surface area (TPSA) is 107 Å². The standard InChI is InChI=1S/C20H25N3O4S/c1-13-5-3-4-6-16(13)20-22-17(14(2)27-20)11-28(26)12-18(24)23-9-7-15(8-10-23)19(21)25/h3-6,15H,7-12H2,1-2H3,(H2,21,25)/t28-/m1/s1. The van der Waals surface area contributed by atoms with E-state index in [1.165, 1.54) is 0 Å². The third kappa shape index (κ3) is 4.67. The van der Waals surface area contributed by atoms with Gasteiger partial charge >= 0.3 is 0 Å². The summed E-state index contributed by atoms with van der Waals surface area (Å²) < 4.78 is 18.3. The first-order valence-electron chi connectivity index (χ1n) is 9.29. The second-order valence-electron chi connectivity index (χ2n) is 7.12. The normalized spacial score (nSPS) is 16.1. The molecule has 2 aromatic rings. The molecule has 28 heavy (non-hydrogen) atoms. The number of amides is 2. The highest BCUT2D eigenvalue weighted by atomic mass is 32.2. The number of oxazole rings is 1. The minimum absolute atomic E-state index is 0.0623. The molecule has 7 nitrogen and oxygen atoms in total. The number of likely N-dealkylation sites (tertiary alicyclic amines) is 1. The van der Waals surface area contributed by atoms with E-state index in [-0.39, 0.29) is 29.2 Å². The highest BCUT2D eigenvalue weighted by Crippen LogP contribution is 2.25. The molecular weight excluding hydrogens is 378 g/mol. The van der Waals surface area contributed by atoms with E-state index < -0.39 is 10.8 Å². The van der Waals surface area contributed by atoms with Crippen molar-refractivity contribution in [2.24, 2.45) is 11.7 Å². The van der Waals surface area contributed by atoms with Gasteiger partial charge in [0.1, 0.15) is 11.5 Å². The third-order valence-electron chi connectivity index (χ3n) is 5.10. The molecule has 0 spiro atoms. The highest BCUT2D eigenvalue weighted by molar-refractivity contribution is 7.84. The maximum atomic E-state index is 12.5. The van der Waals surface area contributed by atoms with Gasteiger partial charge in [-0.1, -0.05) is 18.2 Å². The van der Waals surface area contributed by atoms with Gasteiger partial charge < -0.3 is 15.1 Å². The fraction of sp³-hybridized carbons (Fsp3) is 0.450. The van der Waals surface area contributed by atoms with Gasteiger partial charge in [0.25, 0.3) is 0 Å². The zero-order valence-corrected chi connectivity index (χ0v) is 17.0. The van der Waals surface area contributed by atoms with Gasteiger partial charge in [0, 0.05) is 35.4 Å². The maximum Gasteiger partial charge on any atom is 0.235 e. The molecule has 1 fully saturated rings. The van der Waals surface area contributed by atoms with Crippen molar-refractivity contribution in [1.29, 1.82) is 0 Å². The number of carbonyl (C=O) groups excluding carboxylic acids is 2. The molecule has 2 heterocycles. The Kier molecular flexibility index (Phi) is 6.28. The predicted molar refractivity (Wildman–Crippen MR) is 107 cm³/mol. The summed E-state index contributed by atoms with van der Waals surface area (Å²) in [5, 5.41) is 0. The summed E-state index contributed by atoms with van der Waals surface area (Å²) in [6.45, 7) is 4.72. The molecule has 8 heteroatoms. The number of hydrogen-bond donors (Lipinski definition) is 1. The second kappa shape index (κ2) is 8.68. The first-order valence-corrected chi connectivity index (χ1v) is 10.8. The average molecular weight is 404 g/mol. The summed E-state index contributed by atoms with van der Waals surface area (Å²) in [5.74, 6) is 0.567. The minimum Gasteiger partial charge on any atom is -0.441 e. The van der Waals surface area contributed by atoms with Crippen molar-refractivity contribution in [3.05, 3.63) is 41.3 Å². The zero-order chi connectivity index (χ0) is 20.3. The van der Waals surface area contributed by atoms with Crippen LogP contribution < -0.4 is 5.73 Å². The van der Waals surface area contributed by atoms with E-state index in [4.69, 9.17) is 10.2 Å². The number of carbonyl (C=O) groups is 2. The quantitative estimate of drug-likeness (QED) is 0.793. The number of rotatable bonds is 6. The van der Waals surface area contributed by atoms with Gasteiger partial charge in [-0.05, 0) is 38.3 Å². The Morgan fingerprint density at radius 1 is 1.25 bits per heavy atom. The number of nitrogens with zero attached hydrogens (tertiary/aromatic N) is 2. The van der Waals surface area contributed by atoms with Gasteiger partial charge in [-0.2, -0.15) is 0 Å². The number of hydrogen-bond acceptors (Lipinski definition) is 5. The third-order valence-corrected chi connectivity index (χ3v) is 6.26. The summed E-state index contributed by atoms with van der Waals surface area (Å²) in [6.07, 6.45) is 1.13. The van der Waals surface area contributed by atoms with Crippen LogP contribution in [0.2, 0.25) is 0 Å². The van der Waals surface area contributed by atoms with Crippen LogP contribution in [0.25, 0.3) is 11.5 Å². The van der Waals surface area contributed by atoms with Gasteiger partial charge in [-0.15, -0.1) is 0 Å². The monoisotopic (exact) mass is 403 g/mol. The molecule has 2 N–H and O–H groups in total. The van der Waals surface area contributed by atoms with Gasteiger partial charge in [0.2, 0.25) is 17.7 Å². The molecule has 0 radical (unpaired) electrons. The number of benzene rings is 1. The molecule has 0 unspecified atom stereocenters. The number of piperidine rings is 1. The van der Waals surface area contributed by atoms with Crippen LogP contribution in [0.15, 0.2) is 28.7 Å². The molecule has 3 rings (SSSR count). The summed E-state index contributed by atoms with van der Waals surface area (Å²) in [5.41, 5.74) is 7.87. The Hall–Kier alpha value is -2.48. The lowest BCUT2D eigenvalue weighted by molar-refractivity contribution is -0.132. The van der Waals surface area contributed by atoms with Crippen LogP contribution in [0.3, 0.4) is 0 Å². The van der Waals surface area contributed by atoms with E-state index in [2.05, 4.69) is 4.98 Å². The van der Waals surface area contributed by atoms with Gasteiger partial charge in [0.15, 0.2) is 0 Å². The van der Waals surface area contributed by atoms with Crippen LogP contribution >= 0.6 is 0 Å². The van der Waals surface area contributed by atoms with Crippen LogP contribution in [0.4, 0.5) is 0 Å². The van der Waals surface area contributed by atoms with Crippen LogP contribution in [-0.2, 0) is 26.1 Å². The Labute approximate surface area is 166 Å². The van der Waals surface area contributed by atoms with Crippen molar-refractivity contribution in [2.75, 3.05) is 18.8 Å². The fourth-order valence-corrected chi connectivity index (χ4v) is 4.47. The zero-order valence-electron chi connectivity index (χ0n) is 16.1. The summed E-state index contributed by atoms with van der Waals surface area (Å²) in [7, 11) is -1.38. The van der Waals surface area contributed by atoms with Crippen molar-refractivity contribution >= 4 is 22.6 Å². The Balaban J connectivity index is 1.59.